The number of anilines is 1. The summed E-state index contributed by atoms with van der Waals surface area (Å²) in [7, 11) is -3.30. The van der Waals surface area contributed by atoms with Gasteiger partial charge in [0.1, 0.15) is 0 Å². The van der Waals surface area contributed by atoms with Crippen molar-refractivity contribution in [3.63, 3.8) is 0 Å². The molecular weight excluding hydrogens is 446 g/mol. The van der Waals surface area contributed by atoms with Crippen molar-refractivity contribution in [1.82, 2.24) is 9.80 Å². The number of fused-ring (bicyclic) bond motifs is 1. The van der Waals surface area contributed by atoms with Crippen molar-refractivity contribution >= 4 is 21.6 Å². The fourth-order valence-corrected chi connectivity index (χ4v) is 6.06. The predicted octanol–water partition coefficient (Wildman–Crippen LogP) is 3.56. The minimum absolute atomic E-state index is 0.0104. The Morgan fingerprint density at radius 1 is 0.794 bits per heavy atom. The number of sulfonamides is 1. The molecule has 0 atom stereocenters. The lowest BCUT2D eigenvalue weighted by Crippen LogP contribution is -2.49. The van der Waals surface area contributed by atoms with Crippen molar-refractivity contribution < 1.29 is 13.2 Å². The number of carbonyl (C=O) groups is 1. The average Bonchev–Trinajstić information content (AvgIpc) is 3.30. The molecule has 0 unspecified atom stereocenters. The zero-order valence-corrected chi connectivity index (χ0v) is 20.1. The van der Waals surface area contributed by atoms with Gasteiger partial charge in [-0.2, -0.15) is 0 Å². The van der Waals surface area contributed by atoms with E-state index in [1.54, 1.807) is 12.1 Å². The number of amides is 1. The van der Waals surface area contributed by atoms with Gasteiger partial charge < -0.3 is 4.90 Å². The highest BCUT2D eigenvalue weighted by Crippen LogP contribution is 2.32. The molecule has 0 radical (unpaired) electrons. The Balaban J connectivity index is 1.31. The second-order valence-corrected chi connectivity index (χ2v) is 10.9. The highest BCUT2D eigenvalue weighted by molar-refractivity contribution is 7.92. The molecule has 176 valence electrons. The van der Waals surface area contributed by atoms with Gasteiger partial charge in [-0.05, 0) is 41.3 Å². The molecule has 5 rings (SSSR count). The van der Waals surface area contributed by atoms with Crippen LogP contribution in [0, 0.1) is 0 Å². The first-order valence-electron chi connectivity index (χ1n) is 11.7. The van der Waals surface area contributed by atoms with Gasteiger partial charge in [0.2, 0.25) is 10.0 Å². The Hall–Kier alpha value is -3.16. The highest BCUT2D eigenvalue weighted by Gasteiger charge is 2.30. The van der Waals surface area contributed by atoms with Crippen LogP contribution in [0.25, 0.3) is 0 Å². The summed E-state index contributed by atoms with van der Waals surface area (Å²) in [5.74, 6) is 0.0104. The molecule has 0 aliphatic carbocycles. The third-order valence-corrected chi connectivity index (χ3v) is 7.96. The molecule has 0 spiro atoms. The SMILES string of the molecule is CS(=O)(=O)N1CCc2cc(C(=O)N3CCN(C(c4ccccc4)c4ccccc4)CC3)ccc21. The summed E-state index contributed by atoms with van der Waals surface area (Å²) in [6, 6.07) is 26.6. The third kappa shape index (κ3) is 4.45. The minimum Gasteiger partial charge on any atom is -0.336 e. The summed E-state index contributed by atoms with van der Waals surface area (Å²) in [6.07, 6.45) is 1.85. The van der Waals surface area contributed by atoms with Gasteiger partial charge in [-0.1, -0.05) is 60.7 Å². The number of rotatable bonds is 5. The van der Waals surface area contributed by atoms with Crippen LogP contribution < -0.4 is 4.31 Å². The second kappa shape index (κ2) is 9.24. The first-order valence-corrected chi connectivity index (χ1v) is 13.5. The summed E-state index contributed by atoms with van der Waals surface area (Å²) in [5.41, 5.74) is 4.75. The standard InChI is InChI=1S/C27H29N3O3S/c1-34(32,33)30-15-14-23-20-24(12-13-25(23)30)27(31)29-18-16-28(17-19-29)26(21-8-4-2-5-9-21)22-10-6-3-7-11-22/h2-13,20,26H,14-19H2,1H3. The summed E-state index contributed by atoms with van der Waals surface area (Å²) in [6.45, 7) is 3.31. The van der Waals surface area contributed by atoms with Crippen LogP contribution in [0.1, 0.15) is 33.1 Å². The van der Waals surface area contributed by atoms with Crippen LogP contribution >= 0.6 is 0 Å². The maximum absolute atomic E-state index is 13.3. The molecule has 0 N–H and O–H groups in total. The van der Waals surface area contributed by atoms with Gasteiger partial charge in [-0.15, -0.1) is 0 Å². The van der Waals surface area contributed by atoms with E-state index in [0.29, 0.717) is 37.3 Å². The Labute approximate surface area is 201 Å². The molecule has 0 saturated carbocycles. The van der Waals surface area contributed by atoms with Crippen LogP contribution in [0.2, 0.25) is 0 Å². The topological polar surface area (TPSA) is 60.9 Å². The molecule has 34 heavy (non-hydrogen) atoms. The van der Waals surface area contributed by atoms with Crippen LogP contribution in [0.5, 0.6) is 0 Å². The van der Waals surface area contributed by atoms with Crippen LogP contribution in [0.4, 0.5) is 5.69 Å². The van der Waals surface area contributed by atoms with Gasteiger partial charge in [0.05, 0.1) is 18.0 Å². The van der Waals surface area contributed by atoms with E-state index in [1.807, 2.05) is 23.1 Å². The monoisotopic (exact) mass is 475 g/mol. The molecule has 2 aliphatic heterocycles. The number of piperazine rings is 1. The number of carbonyl (C=O) groups excluding carboxylic acids is 1. The van der Waals surface area contributed by atoms with E-state index in [4.69, 9.17) is 0 Å². The van der Waals surface area contributed by atoms with Gasteiger partial charge >= 0.3 is 0 Å². The van der Waals surface area contributed by atoms with Crippen molar-refractivity contribution in [2.75, 3.05) is 43.3 Å². The van der Waals surface area contributed by atoms with E-state index >= 15 is 0 Å². The molecule has 1 fully saturated rings. The van der Waals surface area contributed by atoms with E-state index in [-0.39, 0.29) is 11.9 Å². The Kier molecular flexibility index (Phi) is 6.15. The molecule has 1 amide bonds. The van der Waals surface area contributed by atoms with Crippen molar-refractivity contribution in [3.8, 4) is 0 Å². The fourth-order valence-electron chi connectivity index (χ4n) is 5.10. The largest absolute Gasteiger partial charge is 0.336 e. The molecule has 1 saturated heterocycles. The van der Waals surface area contributed by atoms with Crippen LogP contribution in [-0.4, -0.2) is 63.1 Å². The highest BCUT2D eigenvalue weighted by atomic mass is 32.2. The zero-order chi connectivity index (χ0) is 23.7. The summed E-state index contributed by atoms with van der Waals surface area (Å²) in [4.78, 5) is 17.6. The lowest BCUT2D eigenvalue weighted by Gasteiger charge is -2.40. The van der Waals surface area contributed by atoms with Gasteiger partial charge in [-0.3, -0.25) is 14.0 Å². The van der Waals surface area contributed by atoms with Crippen molar-refractivity contribution in [3.05, 3.63) is 101 Å². The van der Waals surface area contributed by atoms with Gasteiger partial charge in [-0.25, -0.2) is 8.42 Å². The van der Waals surface area contributed by atoms with Gasteiger partial charge in [0.15, 0.2) is 0 Å². The molecule has 6 nitrogen and oxygen atoms in total. The Morgan fingerprint density at radius 2 is 1.38 bits per heavy atom. The average molecular weight is 476 g/mol. The number of nitrogens with zero attached hydrogens (tertiary/aromatic N) is 3. The Morgan fingerprint density at radius 3 is 1.94 bits per heavy atom. The number of hydrogen-bond acceptors (Lipinski definition) is 4. The van der Waals surface area contributed by atoms with Gasteiger partial charge in [0.25, 0.3) is 5.91 Å². The molecule has 7 heteroatoms. The van der Waals surface area contributed by atoms with E-state index < -0.39 is 10.0 Å². The maximum atomic E-state index is 13.3. The van der Waals surface area contributed by atoms with E-state index in [0.717, 1.165) is 18.7 Å². The first kappa shape index (κ1) is 22.6. The molecule has 2 heterocycles. The Bertz CT molecular complexity index is 1230. The summed E-state index contributed by atoms with van der Waals surface area (Å²) < 4.78 is 25.4. The molecule has 3 aromatic rings. The van der Waals surface area contributed by atoms with Crippen LogP contribution in [0.3, 0.4) is 0 Å². The maximum Gasteiger partial charge on any atom is 0.253 e. The van der Waals surface area contributed by atoms with Gasteiger partial charge in [0, 0.05) is 38.3 Å². The lowest BCUT2D eigenvalue weighted by molar-refractivity contribution is 0.0597. The fraction of sp³-hybridized carbons (Fsp3) is 0.296. The molecular formula is C27H29N3O3S. The number of benzene rings is 3. The normalized spacial score (nSPS) is 16.6. The first-order chi connectivity index (χ1) is 16.4. The van der Waals surface area contributed by atoms with Crippen molar-refractivity contribution in [1.29, 1.82) is 0 Å². The second-order valence-electron chi connectivity index (χ2n) is 8.98. The molecule has 2 aliphatic rings. The molecule has 0 aromatic heterocycles. The van der Waals surface area contributed by atoms with Crippen molar-refractivity contribution in [2.24, 2.45) is 0 Å². The predicted molar refractivity (Wildman–Crippen MR) is 135 cm³/mol. The smallest absolute Gasteiger partial charge is 0.253 e. The molecule has 3 aromatic carbocycles. The van der Waals surface area contributed by atoms with E-state index in [9.17, 15) is 13.2 Å². The lowest BCUT2D eigenvalue weighted by atomic mass is 9.96. The number of hydrogen-bond donors (Lipinski definition) is 0. The summed E-state index contributed by atoms with van der Waals surface area (Å²) >= 11 is 0. The quantitative estimate of drug-likeness (QED) is 0.566. The van der Waals surface area contributed by atoms with Crippen LogP contribution in [-0.2, 0) is 16.4 Å². The third-order valence-electron chi connectivity index (χ3n) is 6.78. The van der Waals surface area contributed by atoms with Crippen molar-refractivity contribution in [2.45, 2.75) is 12.5 Å². The zero-order valence-electron chi connectivity index (χ0n) is 19.3. The van der Waals surface area contributed by atoms with E-state index in [1.165, 1.54) is 21.7 Å². The van der Waals surface area contributed by atoms with E-state index in [2.05, 4.69) is 53.4 Å². The molecule has 0 bridgehead atoms. The minimum atomic E-state index is -3.30. The summed E-state index contributed by atoms with van der Waals surface area (Å²) in [5, 5.41) is 0. The van der Waals surface area contributed by atoms with Crippen LogP contribution in [0.15, 0.2) is 78.9 Å².